The highest BCUT2D eigenvalue weighted by Gasteiger charge is 2.25. The summed E-state index contributed by atoms with van der Waals surface area (Å²) in [6.45, 7) is 3.97. The number of thiophene rings is 1. The first-order valence-corrected chi connectivity index (χ1v) is 14.6. The van der Waals surface area contributed by atoms with E-state index in [1.165, 1.54) is 51.2 Å². The number of nitrogens with zero attached hydrogens (tertiary/aromatic N) is 1. The molecule has 6 heteroatoms. The van der Waals surface area contributed by atoms with Gasteiger partial charge in [-0.15, -0.1) is 11.3 Å². The molecule has 0 saturated heterocycles. The van der Waals surface area contributed by atoms with Gasteiger partial charge in [0.05, 0.1) is 7.11 Å². The number of methoxy groups -OCH3 is 1. The van der Waals surface area contributed by atoms with Gasteiger partial charge in [0.1, 0.15) is 6.04 Å². The van der Waals surface area contributed by atoms with Crippen LogP contribution in [0.3, 0.4) is 0 Å². The lowest BCUT2D eigenvalue weighted by Gasteiger charge is -2.25. The Morgan fingerprint density at radius 2 is 1.84 bits per heavy atom. The van der Waals surface area contributed by atoms with E-state index in [1.807, 2.05) is 41.8 Å². The van der Waals surface area contributed by atoms with Crippen LogP contribution in [0.25, 0.3) is 11.1 Å². The number of nitrogens with one attached hydrogen (secondary N) is 1. The zero-order chi connectivity index (χ0) is 26.9. The van der Waals surface area contributed by atoms with Gasteiger partial charge < -0.3 is 15.0 Å². The minimum atomic E-state index is -0.749. The van der Waals surface area contributed by atoms with Crippen molar-refractivity contribution in [3.05, 3.63) is 81.5 Å². The van der Waals surface area contributed by atoms with Crippen molar-refractivity contribution in [2.45, 2.75) is 64.5 Å². The quantitative estimate of drug-likeness (QED) is 0.281. The number of benzene rings is 2. The van der Waals surface area contributed by atoms with Crippen LogP contribution in [-0.2, 0) is 22.5 Å². The normalized spacial score (nSPS) is 14.8. The molecular weight excluding hydrogens is 492 g/mol. The molecule has 1 aromatic heterocycles. The van der Waals surface area contributed by atoms with Gasteiger partial charge in [0, 0.05) is 23.4 Å². The molecule has 0 bridgehead atoms. The molecule has 1 amide bonds. The molecule has 3 aromatic rings. The predicted molar refractivity (Wildman–Crippen MR) is 155 cm³/mol. The second-order valence-corrected chi connectivity index (χ2v) is 11.6. The fraction of sp³-hybridized carbons (Fsp3) is 0.438. The molecule has 0 radical (unpaired) electrons. The zero-order valence-corrected chi connectivity index (χ0v) is 23.7. The Kier molecular flexibility index (Phi) is 10.1. The fourth-order valence-electron chi connectivity index (χ4n) is 5.46. The second kappa shape index (κ2) is 13.7. The Morgan fingerprint density at radius 3 is 2.55 bits per heavy atom. The summed E-state index contributed by atoms with van der Waals surface area (Å²) in [5, 5.41) is 4.92. The Morgan fingerprint density at radius 1 is 1.05 bits per heavy atom. The Hall–Kier alpha value is -2.96. The van der Waals surface area contributed by atoms with Gasteiger partial charge >= 0.3 is 5.97 Å². The number of hydrogen-bond donors (Lipinski definition) is 1. The van der Waals surface area contributed by atoms with E-state index in [9.17, 15) is 9.59 Å². The summed E-state index contributed by atoms with van der Waals surface area (Å²) in [6, 6.07) is 17.4. The largest absolute Gasteiger partial charge is 0.467 e. The maximum absolute atomic E-state index is 13.6. The highest BCUT2D eigenvalue weighted by Crippen LogP contribution is 2.30. The first-order chi connectivity index (χ1) is 18.4. The molecule has 202 valence electrons. The van der Waals surface area contributed by atoms with Gasteiger partial charge in [0.15, 0.2) is 0 Å². The zero-order valence-electron chi connectivity index (χ0n) is 22.9. The summed E-state index contributed by atoms with van der Waals surface area (Å²) in [5.74, 6) is 0.143. The van der Waals surface area contributed by atoms with E-state index in [1.54, 1.807) is 11.3 Å². The molecule has 1 aliphatic rings. The molecule has 4 rings (SSSR count). The minimum Gasteiger partial charge on any atom is -0.467 e. The van der Waals surface area contributed by atoms with Gasteiger partial charge in [-0.1, -0.05) is 68.5 Å². The number of ether oxygens (including phenoxy) is 1. The SMILES string of the molecule is COC(=O)[C@@H](Cc1cccs1)NC(=O)c1ccc(CN(C)CCC2CCCCC2)cc1-c1ccccc1C. The van der Waals surface area contributed by atoms with E-state index in [-0.39, 0.29) is 5.91 Å². The lowest BCUT2D eigenvalue weighted by molar-refractivity contribution is -0.142. The Balaban J connectivity index is 1.54. The maximum Gasteiger partial charge on any atom is 0.328 e. The Bertz CT molecular complexity index is 1200. The molecule has 2 aromatic carbocycles. The average Bonchev–Trinajstić information content (AvgIpc) is 3.45. The molecule has 1 fully saturated rings. The smallest absolute Gasteiger partial charge is 0.328 e. The number of amides is 1. The molecule has 0 aliphatic heterocycles. The summed E-state index contributed by atoms with van der Waals surface area (Å²) >= 11 is 1.56. The van der Waals surface area contributed by atoms with Gasteiger partial charge in [-0.2, -0.15) is 0 Å². The van der Waals surface area contributed by atoms with Crippen molar-refractivity contribution in [2.75, 3.05) is 20.7 Å². The van der Waals surface area contributed by atoms with Crippen LogP contribution >= 0.6 is 11.3 Å². The van der Waals surface area contributed by atoms with E-state index < -0.39 is 12.0 Å². The molecule has 1 saturated carbocycles. The number of carbonyl (C=O) groups excluding carboxylic acids is 2. The van der Waals surface area contributed by atoms with Crippen molar-refractivity contribution in [2.24, 2.45) is 5.92 Å². The van der Waals surface area contributed by atoms with Crippen molar-refractivity contribution in [3.8, 4) is 11.1 Å². The summed E-state index contributed by atoms with van der Waals surface area (Å²) in [7, 11) is 3.54. The number of rotatable bonds is 11. The lowest BCUT2D eigenvalue weighted by Crippen LogP contribution is -2.43. The first-order valence-electron chi connectivity index (χ1n) is 13.7. The van der Waals surface area contributed by atoms with Crippen LogP contribution in [0.15, 0.2) is 60.0 Å². The molecule has 0 unspecified atom stereocenters. The molecule has 5 nitrogen and oxygen atoms in total. The summed E-state index contributed by atoms with van der Waals surface area (Å²) < 4.78 is 5.01. The van der Waals surface area contributed by atoms with Crippen LogP contribution in [0.1, 0.15) is 64.9 Å². The van der Waals surface area contributed by atoms with Gasteiger partial charge in [-0.05, 0) is 78.7 Å². The van der Waals surface area contributed by atoms with Gasteiger partial charge in [-0.3, -0.25) is 4.79 Å². The molecule has 1 heterocycles. The lowest BCUT2D eigenvalue weighted by atomic mass is 9.87. The minimum absolute atomic E-state index is 0.271. The number of hydrogen-bond acceptors (Lipinski definition) is 5. The van der Waals surface area contributed by atoms with Crippen LogP contribution in [0.2, 0.25) is 0 Å². The van der Waals surface area contributed by atoms with Crippen molar-refractivity contribution in [1.82, 2.24) is 10.2 Å². The molecule has 1 N–H and O–H groups in total. The van der Waals surface area contributed by atoms with Crippen molar-refractivity contribution < 1.29 is 14.3 Å². The monoisotopic (exact) mass is 532 g/mol. The van der Waals surface area contributed by atoms with Gasteiger partial charge in [0.25, 0.3) is 5.91 Å². The number of aryl methyl sites for hydroxylation is 1. The van der Waals surface area contributed by atoms with E-state index in [0.29, 0.717) is 12.0 Å². The Labute approximate surface area is 231 Å². The third kappa shape index (κ3) is 7.55. The summed E-state index contributed by atoms with van der Waals surface area (Å²) in [5.41, 5.74) is 4.75. The highest BCUT2D eigenvalue weighted by atomic mass is 32.1. The number of carbonyl (C=O) groups is 2. The molecule has 0 spiro atoms. The molecular formula is C32H40N2O3S. The first kappa shape index (κ1) is 28.1. The van der Waals surface area contributed by atoms with E-state index in [2.05, 4.69) is 42.4 Å². The summed E-state index contributed by atoms with van der Waals surface area (Å²) in [4.78, 5) is 29.5. The third-order valence-corrected chi connectivity index (χ3v) is 8.54. The molecule has 1 atom stereocenters. The van der Waals surface area contributed by atoms with E-state index in [0.717, 1.165) is 40.6 Å². The standard InChI is InChI=1S/C32H40N2O3S/c1-23-10-7-8-14-27(23)29-20-25(22-34(2)18-17-24-11-5-4-6-12-24)15-16-28(29)31(35)33-30(32(36)37-3)21-26-13-9-19-38-26/h7-10,13-16,19-20,24,30H,4-6,11-12,17-18,21-22H2,1-3H3,(H,33,35)/t30-/m1/s1. The number of esters is 1. The van der Waals surface area contributed by atoms with Crippen LogP contribution in [0.4, 0.5) is 0 Å². The second-order valence-electron chi connectivity index (χ2n) is 10.6. The van der Waals surface area contributed by atoms with Crippen LogP contribution in [0.5, 0.6) is 0 Å². The van der Waals surface area contributed by atoms with Crippen LogP contribution < -0.4 is 5.32 Å². The van der Waals surface area contributed by atoms with Crippen molar-refractivity contribution >= 4 is 23.2 Å². The third-order valence-electron chi connectivity index (χ3n) is 7.64. The average molecular weight is 533 g/mol. The highest BCUT2D eigenvalue weighted by molar-refractivity contribution is 7.09. The van der Waals surface area contributed by atoms with E-state index in [4.69, 9.17) is 4.74 Å². The van der Waals surface area contributed by atoms with Crippen molar-refractivity contribution in [1.29, 1.82) is 0 Å². The van der Waals surface area contributed by atoms with Gasteiger partial charge in [0.2, 0.25) is 0 Å². The van der Waals surface area contributed by atoms with E-state index >= 15 is 0 Å². The molecule has 1 aliphatic carbocycles. The van der Waals surface area contributed by atoms with Gasteiger partial charge in [-0.25, -0.2) is 4.79 Å². The maximum atomic E-state index is 13.6. The topological polar surface area (TPSA) is 58.6 Å². The predicted octanol–water partition coefficient (Wildman–Crippen LogP) is 6.64. The molecule has 38 heavy (non-hydrogen) atoms. The van der Waals surface area contributed by atoms with Crippen LogP contribution in [-0.4, -0.2) is 43.5 Å². The fourth-order valence-corrected chi connectivity index (χ4v) is 6.21. The van der Waals surface area contributed by atoms with Crippen LogP contribution in [0, 0.1) is 12.8 Å². The summed E-state index contributed by atoms with van der Waals surface area (Å²) in [6.07, 6.45) is 8.54. The van der Waals surface area contributed by atoms with Crippen molar-refractivity contribution in [3.63, 3.8) is 0 Å².